The number of aliphatic carboxylic acids is 1. The van der Waals surface area contributed by atoms with Crippen molar-refractivity contribution in [3.8, 4) is 0 Å². The number of ether oxygens (including phenoxy) is 1. The van der Waals surface area contributed by atoms with E-state index in [2.05, 4.69) is 10.6 Å². The number of alkyl carbamates (subject to hydrolysis) is 1. The number of carboxylic acid groups (broad SMARTS) is 1. The van der Waals surface area contributed by atoms with E-state index in [4.69, 9.17) is 4.74 Å². The van der Waals surface area contributed by atoms with Crippen molar-refractivity contribution in [3.63, 3.8) is 0 Å². The molecule has 132 valence electrons. The first-order valence-electron chi connectivity index (χ1n) is 7.85. The van der Waals surface area contributed by atoms with Crippen LogP contribution in [-0.4, -0.2) is 35.2 Å². The summed E-state index contributed by atoms with van der Waals surface area (Å²) in [6, 6.07) is 7.24. The summed E-state index contributed by atoms with van der Waals surface area (Å²) in [7, 11) is 0. The highest BCUT2D eigenvalue weighted by atomic mass is 16.5. The number of carbonyl (C=O) groups is 3. The Morgan fingerprint density at radius 1 is 1.12 bits per heavy atom. The van der Waals surface area contributed by atoms with Crippen molar-refractivity contribution in [2.24, 2.45) is 5.92 Å². The molecule has 1 rings (SSSR count). The number of hydrogen-bond acceptors (Lipinski definition) is 4. The van der Waals surface area contributed by atoms with Crippen molar-refractivity contribution in [1.29, 1.82) is 0 Å². The van der Waals surface area contributed by atoms with Gasteiger partial charge in [0.1, 0.15) is 18.7 Å². The number of benzene rings is 1. The van der Waals surface area contributed by atoms with Gasteiger partial charge in [-0.05, 0) is 18.4 Å². The highest BCUT2D eigenvalue weighted by Crippen LogP contribution is 2.08. The van der Waals surface area contributed by atoms with Gasteiger partial charge < -0.3 is 20.5 Å². The number of amides is 2. The first kappa shape index (κ1) is 19.5. The predicted octanol–water partition coefficient (Wildman–Crippen LogP) is 1.92. The Bertz CT molecular complexity index is 561. The van der Waals surface area contributed by atoms with E-state index in [1.165, 1.54) is 6.92 Å². The second-order valence-electron chi connectivity index (χ2n) is 5.64. The highest BCUT2D eigenvalue weighted by molar-refractivity contribution is 5.89. The van der Waals surface area contributed by atoms with Gasteiger partial charge in [0, 0.05) is 0 Å². The topological polar surface area (TPSA) is 105 Å². The molecule has 0 aliphatic carbocycles. The number of carboxylic acids is 1. The van der Waals surface area contributed by atoms with Crippen LogP contribution in [0.4, 0.5) is 4.79 Å². The molecule has 24 heavy (non-hydrogen) atoms. The van der Waals surface area contributed by atoms with Gasteiger partial charge in [0.2, 0.25) is 5.91 Å². The summed E-state index contributed by atoms with van der Waals surface area (Å²) >= 11 is 0. The van der Waals surface area contributed by atoms with Crippen LogP contribution in [0.1, 0.15) is 32.8 Å². The van der Waals surface area contributed by atoms with E-state index in [1.807, 2.05) is 37.3 Å². The molecule has 0 bridgehead atoms. The van der Waals surface area contributed by atoms with E-state index in [0.29, 0.717) is 6.42 Å². The molecule has 0 aromatic heterocycles. The van der Waals surface area contributed by atoms with Gasteiger partial charge in [0.05, 0.1) is 0 Å². The van der Waals surface area contributed by atoms with Gasteiger partial charge in [0.15, 0.2) is 0 Å². The van der Waals surface area contributed by atoms with Crippen LogP contribution >= 0.6 is 0 Å². The lowest BCUT2D eigenvalue weighted by atomic mass is 9.99. The summed E-state index contributed by atoms with van der Waals surface area (Å²) in [5.41, 5.74) is 0.826. The molecule has 3 N–H and O–H groups in total. The largest absolute Gasteiger partial charge is 0.480 e. The molecule has 1 aromatic carbocycles. The van der Waals surface area contributed by atoms with Gasteiger partial charge >= 0.3 is 12.1 Å². The quantitative estimate of drug-likeness (QED) is 0.673. The molecule has 0 fully saturated rings. The number of nitrogens with one attached hydrogen (secondary N) is 2. The van der Waals surface area contributed by atoms with Crippen molar-refractivity contribution in [1.82, 2.24) is 10.6 Å². The molecule has 2 amide bonds. The minimum absolute atomic E-state index is 0.0889. The van der Waals surface area contributed by atoms with Gasteiger partial charge in [-0.15, -0.1) is 0 Å². The van der Waals surface area contributed by atoms with E-state index in [-0.39, 0.29) is 12.5 Å². The monoisotopic (exact) mass is 336 g/mol. The Kier molecular flexibility index (Phi) is 7.74. The summed E-state index contributed by atoms with van der Waals surface area (Å²) in [5, 5.41) is 14.0. The zero-order valence-corrected chi connectivity index (χ0v) is 14.1. The molecule has 3 atom stereocenters. The Hall–Kier alpha value is -2.57. The fourth-order valence-corrected chi connectivity index (χ4v) is 1.97. The molecule has 1 aromatic rings. The van der Waals surface area contributed by atoms with Crippen LogP contribution in [0, 0.1) is 5.92 Å². The lowest BCUT2D eigenvalue weighted by Crippen LogP contribution is -2.52. The third-order valence-electron chi connectivity index (χ3n) is 3.72. The number of rotatable bonds is 8. The van der Waals surface area contributed by atoms with Crippen LogP contribution in [0.15, 0.2) is 30.3 Å². The maximum Gasteiger partial charge on any atom is 0.408 e. The molecular weight excluding hydrogens is 312 g/mol. The third kappa shape index (κ3) is 6.28. The Balaban J connectivity index is 2.47. The average Bonchev–Trinajstić information content (AvgIpc) is 2.57. The number of hydrogen-bond donors (Lipinski definition) is 3. The fourth-order valence-electron chi connectivity index (χ4n) is 1.97. The van der Waals surface area contributed by atoms with Crippen LogP contribution in [0.2, 0.25) is 0 Å². The first-order valence-corrected chi connectivity index (χ1v) is 7.85. The van der Waals surface area contributed by atoms with Gasteiger partial charge in [-0.3, -0.25) is 4.79 Å². The molecule has 0 aliphatic rings. The third-order valence-corrected chi connectivity index (χ3v) is 3.72. The van der Waals surface area contributed by atoms with Crippen LogP contribution in [0.5, 0.6) is 0 Å². The molecule has 0 saturated heterocycles. The maximum absolute atomic E-state index is 12.0. The second-order valence-corrected chi connectivity index (χ2v) is 5.64. The molecule has 0 aliphatic heterocycles. The predicted molar refractivity (Wildman–Crippen MR) is 88.2 cm³/mol. The van der Waals surface area contributed by atoms with Crippen molar-refractivity contribution in [2.45, 2.75) is 45.9 Å². The zero-order chi connectivity index (χ0) is 18.1. The van der Waals surface area contributed by atoms with Gasteiger partial charge in [0.25, 0.3) is 0 Å². The zero-order valence-electron chi connectivity index (χ0n) is 14.1. The number of carbonyl (C=O) groups excluding carboxylic acids is 2. The molecule has 0 radical (unpaired) electrons. The molecule has 0 spiro atoms. The van der Waals surface area contributed by atoms with Crippen molar-refractivity contribution in [2.75, 3.05) is 0 Å². The van der Waals surface area contributed by atoms with Crippen LogP contribution in [0.25, 0.3) is 0 Å². The first-order chi connectivity index (χ1) is 11.3. The van der Waals surface area contributed by atoms with E-state index in [9.17, 15) is 19.5 Å². The smallest absolute Gasteiger partial charge is 0.408 e. The standard InChI is InChI=1S/C17H24N2O5/c1-4-11(2)14(16(21)22)19-15(20)12(3)18-17(23)24-10-13-8-6-5-7-9-13/h5-9,11-12,14H,4,10H2,1-3H3,(H,18,23)(H,19,20)(H,21,22)/t11?,12-,14-/m1/s1. The van der Waals surface area contributed by atoms with Crippen molar-refractivity contribution < 1.29 is 24.2 Å². The Morgan fingerprint density at radius 3 is 2.29 bits per heavy atom. The van der Waals surface area contributed by atoms with E-state index in [0.717, 1.165) is 5.56 Å². The molecule has 0 heterocycles. The van der Waals surface area contributed by atoms with Crippen molar-refractivity contribution in [3.05, 3.63) is 35.9 Å². The Labute approximate surface area is 141 Å². The lowest BCUT2D eigenvalue weighted by Gasteiger charge is -2.22. The summed E-state index contributed by atoms with van der Waals surface area (Å²) in [5.74, 6) is -1.89. The molecule has 0 saturated carbocycles. The average molecular weight is 336 g/mol. The van der Waals surface area contributed by atoms with Gasteiger partial charge in [-0.2, -0.15) is 0 Å². The van der Waals surface area contributed by atoms with Gasteiger partial charge in [-0.25, -0.2) is 9.59 Å². The molecule has 7 nitrogen and oxygen atoms in total. The van der Waals surface area contributed by atoms with Gasteiger partial charge in [-0.1, -0.05) is 50.6 Å². The second kappa shape index (κ2) is 9.54. The van der Waals surface area contributed by atoms with E-state index < -0.39 is 30.1 Å². The molecule has 7 heteroatoms. The van der Waals surface area contributed by atoms with E-state index in [1.54, 1.807) is 6.92 Å². The molecule has 1 unspecified atom stereocenters. The van der Waals surface area contributed by atoms with Crippen LogP contribution in [-0.2, 0) is 20.9 Å². The Morgan fingerprint density at radius 2 is 1.75 bits per heavy atom. The maximum atomic E-state index is 12.0. The summed E-state index contributed by atoms with van der Waals surface area (Å²) in [6.07, 6.45) is -0.130. The van der Waals surface area contributed by atoms with Crippen molar-refractivity contribution >= 4 is 18.0 Å². The minimum Gasteiger partial charge on any atom is -0.480 e. The molecular formula is C17H24N2O5. The lowest BCUT2D eigenvalue weighted by molar-refractivity contribution is -0.143. The van der Waals surface area contributed by atoms with Crippen LogP contribution < -0.4 is 10.6 Å². The summed E-state index contributed by atoms with van der Waals surface area (Å²) in [4.78, 5) is 35.0. The summed E-state index contributed by atoms with van der Waals surface area (Å²) in [6.45, 7) is 5.14. The summed E-state index contributed by atoms with van der Waals surface area (Å²) < 4.78 is 5.02. The fraction of sp³-hybridized carbons (Fsp3) is 0.471. The van der Waals surface area contributed by atoms with E-state index >= 15 is 0 Å². The minimum atomic E-state index is -1.10. The normalized spacial score (nSPS) is 14.1. The van der Waals surface area contributed by atoms with Crippen LogP contribution in [0.3, 0.4) is 0 Å². The highest BCUT2D eigenvalue weighted by Gasteiger charge is 2.27. The SMILES string of the molecule is CCC(C)[C@@H](NC(=O)[C@@H](C)NC(=O)OCc1ccccc1)C(=O)O.